The summed E-state index contributed by atoms with van der Waals surface area (Å²) in [7, 11) is 0. The Hall–Kier alpha value is -1.59. The van der Waals surface area contributed by atoms with Crippen LogP contribution < -0.4 is 10.1 Å². The molecule has 1 heterocycles. The molecule has 2 rings (SSSR count). The van der Waals surface area contributed by atoms with Gasteiger partial charge in [0.15, 0.2) is 0 Å². The van der Waals surface area contributed by atoms with Crippen LogP contribution in [0.2, 0.25) is 0 Å². The molecule has 1 aliphatic rings. The normalized spacial score (nSPS) is 18.9. The molecular formula is C17H26N2O3. The summed E-state index contributed by atoms with van der Waals surface area (Å²) in [5.41, 5.74) is 0.723. The molecule has 1 aliphatic heterocycles. The third-order valence-electron chi connectivity index (χ3n) is 3.98. The van der Waals surface area contributed by atoms with Gasteiger partial charge in [0.1, 0.15) is 5.75 Å². The number of amides is 1. The minimum Gasteiger partial charge on any atom is -0.492 e. The number of hydrogen-bond acceptors (Lipinski definition) is 4. The van der Waals surface area contributed by atoms with Crippen molar-refractivity contribution in [3.63, 3.8) is 0 Å². The molecule has 1 saturated heterocycles. The lowest BCUT2D eigenvalue weighted by Crippen LogP contribution is -2.38. The van der Waals surface area contributed by atoms with E-state index in [-0.39, 0.29) is 12.5 Å². The Balaban J connectivity index is 1.80. The number of carbonyl (C=O) groups excluding carboxylic acids is 1. The third kappa shape index (κ3) is 5.00. The van der Waals surface area contributed by atoms with Crippen LogP contribution in [0.5, 0.6) is 5.75 Å². The van der Waals surface area contributed by atoms with Crippen molar-refractivity contribution in [1.29, 1.82) is 0 Å². The van der Waals surface area contributed by atoms with E-state index in [9.17, 15) is 9.90 Å². The lowest BCUT2D eigenvalue weighted by Gasteiger charge is -2.31. The van der Waals surface area contributed by atoms with Crippen LogP contribution in [0, 0.1) is 5.92 Å². The maximum atomic E-state index is 12.1. The molecule has 0 aromatic heterocycles. The number of anilines is 1. The van der Waals surface area contributed by atoms with Crippen molar-refractivity contribution in [2.24, 2.45) is 5.92 Å². The van der Waals surface area contributed by atoms with Crippen molar-refractivity contribution in [2.75, 3.05) is 38.2 Å². The zero-order chi connectivity index (χ0) is 15.8. The summed E-state index contributed by atoms with van der Waals surface area (Å²) in [4.78, 5) is 14.4. The van der Waals surface area contributed by atoms with Gasteiger partial charge in [0, 0.05) is 26.1 Å². The first kappa shape index (κ1) is 16.8. The molecule has 1 fully saturated rings. The first-order valence-electron chi connectivity index (χ1n) is 8.07. The molecule has 0 bridgehead atoms. The van der Waals surface area contributed by atoms with Crippen LogP contribution in [-0.4, -0.2) is 48.8 Å². The standard InChI is InChI=1S/C17H26N2O3/c1-2-22-16-8-4-3-7-15(16)18-17(21)9-11-19-10-5-6-14(12-19)13-20/h3-4,7-8,14,20H,2,5-6,9-13H2,1H3,(H,18,21). The summed E-state index contributed by atoms with van der Waals surface area (Å²) in [5, 5.41) is 12.2. The maximum absolute atomic E-state index is 12.1. The van der Waals surface area contributed by atoms with Gasteiger partial charge >= 0.3 is 0 Å². The third-order valence-corrected chi connectivity index (χ3v) is 3.98. The van der Waals surface area contributed by atoms with Crippen molar-refractivity contribution < 1.29 is 14.6 Å². The van der Waals surface area contributed by atoms with Crippen molar-refractivity contribution in [3.05, 3.63) is 24.3 Å². The quantitative estimate of drug-likeness (QED) is 0.810. The minimum atomic E-state index is -0.00160. The van der Waals surface area contributed by atoms with Gasteiger partial charge in [-0.05, 0) is 44.4 Å². The van der Waals surface area contributed by atoms with E-state index < -0.39 is 0 Å². The van der Waals surface area contributed by atoms with Gasteiger partial charge in [-0.3, -0.25) is 4.79 Å². The number of benzene rings is 1. The first-order valence-corrected chi connectivity index (χ1v) is 8.07. The number of para-hydroxylation sites is 2. The smallest absolute Gasteiger partial charge is 0.225 e. The van der Waals surface area contributed by atoms with Crippen LogP contribution in [0.25, 0.3) is 0 Å². The fraction of sp³-hybridized carbons (Fsp3) is 0.588. The average molecular weight is 306 g/mol. The van der Waals surface area contributed by atoms with Crippen molar-refractivity contribution in [3.8, 4) is 5.75 Å². The lowest BCUT2D eigenvalue weighted by atomic mass is 9.99. The second-order valence-electron chi connectivity index (χ2n) is 5.72. The van der Waals surface area contributed by atoms with E-state index >= 15 is 0 Å². The molecule has 1 amide bonds. The summed E-state index contributed by atoms with van der Waals surface area (Å²) >= 11 is 0. The molecule has 22 heavy (non-hydrogen) atoms. The predicted octanol–water partition coefficient (Wildman–Crippen LogP) is 2.12. The molecule has 122 valence electrons. The van der Waals surface area contributed by atoms with Gasteiger partial charge in [-0.2, -0.15) is 0 Å². The van der Waals surface area contributed by atoms with Crippen LogP contribution in [0.1, 0.15) is 26.2 Å². The highest BCUT2D eigenvalue weighted by molar-refractivity contribution is 5.92. The molecule has 0 spiro atoms. The molecule has 5 heteroatoms. The monoisotopic (exact) mass is 306 g/mol. The van der Waals surface area contributed by atoms with Crippen molar-refractivity contribution in [1.82, 2.24) is 4.90 Å². The summed E-state index contributed by atoms with van der Waals surface area (Å²) in [6.07, 6.45) is 2.64. The van der Waals surface area contributed by atoms with E-state index in [4.69, 9.17) is 4.74 Å². The Morgan fingerprint density at radius 2 is 2.27 bits per heavy atom. The highest BCUT2D eigenvalue weighted by Crippen LogP contribution is 2.24. The van der Waals surface area contributed by atoms with Gasteiger partial charge in [-0.25, -0.2) is 0 Å². The summed E-state index contributed by atoms with van der Waals surface area (Å²) < 4.78 is 5.51. The molecule has 1 atom stereocenters. The SMILES string of the molecule is CCOc1ccccc1NC(=O)CCN1CCCC(CO)C1. The Labute approximate surface area is 132 Å². The zero-order valence-corrected chi connectivity index (χ0v) is 13.3. The molecule has 0 aliphatic carbocycles. The van der Waals surface area contributed by atoms with Crippen LogP contribution in [0.4, 0.5) is 5.69 Å². The molecule has 1 unspecified atom stereocenters. The van der Waals surface area contributed by atoms with Crippen LogP contribution in [-0.2, 0) is 4.79 Å². The summed E-state index contributed by atoms with van der Waals surface area (Å²) in [5.74, 6) is 1.06. The van der Waals surface area contributed by atoms with Gasteiger partial charge in [0.25, 0.3) is 0 Å². The highest BCUT2D eigenvalue weighted by Gasteiger charge is 2.19. The fourth-order valence-electron chi connectivity index (χ4n) is 2.83. The first-order chi connectivity index (χ1) is 10.7. The van der Waals surface area contributed by atoms with E-state index in [2.05, 4.69) is 10.2 Å². The number of carbonyl (C=O) groups is 1. The minimum absolute atomic E-state index is 0.00160. The van der Waals surface area contributed by atoms with Gasteiger partial charge in [0.2, 0.25) is 5.91 Å². The van der Waals surface area contributed by atoms with E-state index in [0.717, 1.165) is 38.2 Å². The average Bonchev–Trinajstić information content (AvgIpc) is 2.55. The Morgan fingerprint density at radius 1 is 1.45 bits per heavy atom. The number of hydrogen-bond donors (Lipinski definition) is 2. The van der Waals surface area contributed by atoms with Crippen molar-refractivity contribution in [2.45, 2.75) is 26.2 Å². The highest BCUT2D eigenvalue weighted by atomic mass is 16.5. The van der Waals surface area contributed by atoms with Gasteiger partial charge in [-0.1, -0.05) is 12.1 Å². The molecule has 2 N–H and O–H groups in total. The molecule has 0 radical (unpaired) electrons. The zero-order valence-electron chi connectivity index (χ0n) is 13.3. The van der Waals surface area contributed by atoms with E-state index in [0.29, 0.717) is 24.7 Å². The number of piperidine rings is 1. The maximum Gasteiger partial charge on any atom is 0.225 e. The Morgan fingerprint density at radius 3 is 3.05 bits per heavy atom. The molecule has 5 nitrogen and oxygen atoms in total. The predicted molar refractivity (Wildman–Crippen MR) is 87.1 cm³/mol. The lowest BCUT2D eigenvalue weighted by molar-refractivity contribution is -0.116. The largest absolute Gasteiger partial charge is 0.492 e. The Bertz CT molecular complexity index is 479. The second kappa shape index (κ2) is 8.76. The van der Waals surface area contributed by atoms with Gasteiger partial charge in [-0.15, -0.1) is 0 Å². The fourth-order valence-corrected chi connectivity index (χ4v) is 2.83. The van der Waals surface area contributed by atoms with Gasteiger partial charge < -0.3 is 20.1 Å². The van der Waals surface area contributed by atoms with Crippen LogP contribution in [0.15, 0.2) is 24.3 Å². The summed E-state index contributed by atoms with van der Waals surface area (Å²) in [6, 6.07) is 7.49. The van der Waals surface area contributed by atoms with E-state index in [1.165, 1.54) is 0 Å². The number of aliphatic hydroxyl groups is 1. The molecule has 1 aromatic carbocycles. The number of ether oxygens (including phenoxy) is 1. The topological polar surface area (TPSA) is 61.8 Å². The molecule has 0 saturated carbocycles. The van der Waals surface area contributed by atoms with E-state index in [1.807, 2.05) is 31.2 Å². The number of rotatable bonds is 7. The number of nitrogens with one attached hydrogen (secondary N) is 1. The van der Waals surface area contributed by atoms with Gasteiger partial charge in [0.05, 0.1) is 12.3 Å². The van der Waals surface area contributed by atoms with Crippen LogP contribution in [0.3, 0.4) is 0 Å². The number of likely N-dealkylation sites (tertiary alicyclic amines) is 1. The number of nitrogens with zero attached hydrogens (tertiary/aromatic N) is 1. The van der Waals surface area contributed by atoms with Crippen molar-refractivity contribution >= 4 is 11.6 Å². The second-order valence-corrected chi connectivity index (χ2v) is 5.72. The van der Waals surface area contributed by atoms with E-state index in [1.54, 1.807) is 0 Å². The van der Waals surface area contributed by atoms with Crippen LogP contribution >= 0.6 is 0 Å². The molecular weight excluding hydrogens is 280 g/mol. The summed E-state index contributed by atoms with van der Waals surface area (Å²) in [6.45, 7) is 5.37. The molecule has 1 aromatic rings. The Kier molecular flexibility index (Phi) is 6.68. The number of aliphatic hydroxyl groups excluding tert-OH is 1.